The number of halogens is 3. The van der Waals surface area contributed by atoms with E-state index in [1.54, 1.807) is 18.2 Å². The zero-order valence-corrected chi connectivity index (χ0v) is 11.8. The molecule has 7 heteroatoms. The SMILES string of the molecule is O=C(Cc1ccc(Cl)c(Cl)c1)Nc1cnc(Cl)cn1. The van der Waals surface area contributed by atoms with Crippen molar-refractivity contribution in [2.75, 3.05) is 5.32 Å². The van der Waals surface area contributed by atoms with Crippen LogP contribution in [0.5, 0.6) is 0 Å². The Kier molecular flexibility index (Phi) is 4.58. The minimum Gasteiger partial charge on any atom is -0.309 e. The van der Waals surface area contributed by atoms with Crippen LogP contribution in [0.15, 0.2) is 30.6 Å². The van der Waals surface area contributed by atoms with Crippen LogP contribution in [-0.2, 0) is 11.2 Å². The quantitative estimate of drug-likeness (QED) is 0.941. The first kappa shape index (κ1) is 14.1. The van der Waals surface area contributed by atoms with Crippen LogP contribution in [-0.4, -0.2) is 15.9 Å². The van der Waals surface area contributed by atoms with E-state index in [4.69, 9.17) is 34.8 Å². The van der Waals surface area contributed by atoms with E-state index in [-0.39, 0.29) is 17.5 Å². The molecule has 0 aliphatic carbocycles. The molecule has 1 heterocycles. The lowest BCUT2D eigenvalue weighted by atomic mass is 10.1. The van der Waals surface area contributed by atoms with Crippen molar-refractivity contribution in [2.24, 2.45) is 0 Å². The Morgan fingerprint density at radius 3 is 2.53 bits per heavy atom. The lowest BCUT2D eigenvalue weighted by molar-refractivity contribution is -0.115. The van der Waals surface area contributed by atoms with Crippen molar-refractivity contribution in [2.45, 2.75) is 6.42 Å². The Morgan fingerprint density at radius 2 is 1.89 bits per heavy atom. The monoisotopic (exact) mass is 315 g/mol. The van der Waals surface area contributed by atoms with Gasteiger partial charge in [0.1, 0.15) is 5.15 Å². The molecule has 0 radical (unpaired) electrons. The van der Waals surface area contributed by atoms with Gasteiger partial charge in [0.15, 0.2) is 5.82 Å². The summed E-state index contributed by atoms with van der Waals surface area (Å²) in [6.45, 7) is 0. The fourth-order valence-electron chi connectivity index (χ4n) is 1.40. The van der Waals surface area contributed by atoms with Crippen molar-refractivity contribution in [1.82, 2.24) is 9.97 Å². The van der Waals surface area contributed by atoms with Gasteiger partial charge in [-0.05, 0) is 17.7 Å². The summed E-state index contributed by atoms with van der Waals surface area (Å²) in [7, 11) is 0. The molecule has 1 N–H and O–H groups in total. The van der Waals surface area contributed by atoms with Gasteiger partial charge in [0.25, 0.3) is 0 Å². The van der Waals surface area contributed by atoms with Crippen LogP contribution in [0.25, 0.3) is 0 Å². The van der Waals surface area contributed by atoms with E-state index in [1.165, 1.54) is 12.4 Å². The van der Waals surface area contributed by atoms with Crippen LogP contribution in [0.2, 0.25) is 15.2 Å². The van der Waals surface area contributed by atoms with E-state index in [1.807, 2.05) is 0 Å². The molecule has 1 amide bonds. The first-order chi connectivity index (χ1) is 9.04. The van der Waals surface area contributed by atoms with Gasteiger partial charge >= 0.3 is 0 Å². The zero-order valence-electron chi connectivity index (χ0n) is 9.53. The molecule has 4 nitrogen and oxygen atoms in total. The third kappa shape index (κ3) is 4.06. The Labute approximate surface area is 124 Å². The summed E-state index contributed by atoms with van der Waals surface area (Å²) < 4.78 is 0. The predicted molar refractivity (Wildman–Crippen MR) is 75.8 cm³/mol. The molecule has 0 saturated carbocycles. The molecule has 0 aliphatic rings. The van der Waals surface area contributed by atoms with Crippen LogP contribution in [0.3, 0.4) is 0 Å². The number of benzene rings is 1. The highest BCUT2D eigenvalue weighted by molar-refractivity contribution is 6.42. The van der Waals surface area contributed by atoms with E-state index in [0.717, 1.165) is 5.56 Å². The first-order valence-electron chi connectivity index (χ1n) is 5.26. The van der Waals surface area contributed by atoms with Gasteiger partial charge in [0.05, 0.1) is 28.9 Å². The maximum Gasteiger partial charge on any atom is 0.229 e. The predicted octanol–water partition coefficient (Wildman–Crippen LogP) is 3.62. The Morgan fingerprint density at radius 1 is 1.11 bits per heavy atom. The maximum atomic E-state index is 11.8. The number of hydrogen-bond acceptors (Lipinski definition) is 3. The van der Waals surface area contributed by atoms with Crippen molar-refractivity contribution in [3.05, 3.63) is 51.4 Å². The van der Waals surface area contributed by atoms with Gasteiger partial charge in [0.2, 0.25) is 5.91 Å². The van der Waals surface area contributed by atoms with Gasteiger partial charge < -0.3 is 5.32 Å². The molecule has 19 heavy (non-hydrogen) atoms. The highest BCUT2D eigenvalue weighted by atomic mass is 35.5. The molecule has 2 rings (SSSR count). The third-order valence-electron chi connectivity index (χ3n) is 2.24. The van der Waals surface area contributed by atoms with Crippen LogP contribution >= 0.6 is 34.8 Å². The van der Waals surface area contributed by atoms with Crippen LogP contribution in [0.1, 0.15) is 5.56 Å². The Bertz CT molecular complexity index is 602. The summed E-state index contributed by atoms with van der Waals surface area (Å²) in [5.41, 5.74) is 0.758. The van der Waals surface area contributed by atoms with Crippen LogP contribution in [0, 0.1) is 0 Å². The van der Waals surface area contributed by atoms with Gasteiger partial charge in [-0.25, -0.2) is 9.97 Å². The lowest BCUT2D eigenvalue weighted by Gasteiger charge is -2.05. The van der Waals surface area contributed by atoms with Gasteiger partial charge in [0, 0.05) is 0 Å². The van der Waals surface area contributed by atoms with E-state index in [9.17, 15) is 4.79 Å². The number of hydrogen-bond donors (Lipinski definition) is 1. The summed E-state index contributed by atoms with van der Waals surface area (Å²) in [6, 6.07) is 5.03. The third-order valence-corrected chi connectivity index (χ3v) is 3.17. The van der Waals surface area contributed by atoms with E-state index in [0.29, 0.717) is 15.9 Å². The number of nitrogens with zero attached hydrogens (tertiary/aromatic N) is 2. The van der Waals surface area contributed by atoms with Gasteiger partial charge in [-0.1, -0.05) is 40.9 Å². The number of amides is 1. The highest BCUT2D eigenvalue weighted by Crippen LogP contribution is 2.22. The number of nitrogens with one attached hydrogen (secondary N) is 1. The second-order valence-corrected chi connectivity index (χ2v) is 4.90. The highest BCUT2D eigenvalue weighted by Gasteiger charge is 2.07. The van der Waals surface area contributed by atoms with Gasteiger partial charge in [-0.3, -0.25) is 4.79 Å². The molecule has 1 aromatic carbocycles. The molecule has 0 spiro atoms. The molecule has 1 aromatic heterocycles. The maximum absolute atomic E-state index is 11.8. The van der Waals surface area contributed by atoms with Crippen LogP contribution in [0.4, 0.5) is 5.82 Å². The fraction of sp³-hybridized carbons (Fsp3) is 0.0833. The topological polar surface area (TPSA) is 54.9 Å². The Balaban J connectivity index is 2.01. The van der Waals surface area contributed by atoms with Crippen molar-refractivity contribution in [3.8, 4) is 0 Å². The van der Waals surface area contributed by atoms with E-state index in [2.05, 4.69) is 15.3 Å². The smallest absolute Gasteiger partial charge is 0.229 e. The number of anilines is 1. The molecular formula is C12H8Cl3N3O. The molecule has 0 aliphatic heterocycles. The molecule has 0 unspecified atom stereocenters. The molecule has 0 atom stereocenters. The zero-order chi connectivity index (χ0) is 13.8. The van der Waals surface area contributed by atoms with Crippen molar-refractivity contribution in [3.63, 3.8) is 0 Å². The summed E-state index contributed by atoms with van der Waals surface area (Å²) >= 11 is 17.3. The molecule has 0 saturated heterocycles. The lowest BCUT2D eigenvalue weighted by Crippen LogP contribution is -2.15. The van der Waals surface area contributed by atoms with Gasteiger partial charge in [-0.15, -0.1) is 0 Å². The molecule has 0 bridgehead atoms. The summed E-state index contributed by atoms with van der Waals surface area (Å²) in [6.07, 6.45) is 2.91. The average molecular weight is 317 g/mol. The second-order valence-electron chi connectivity index (χ2n) is 3.70. The standard InChI is InChI=1S/C12H8Cl3N3O/c13-8-2-1-7(3-9(8)14)4-12(19)18-11-6-16-10(15)5-17-11/h1-3,5-6H,4H2,(H,17,18,19). The van der Waals surface area contributed by atoms with E-state index >= 15 is 0 Å². The number of rotatable bonds is 3. The van der Waals surface area contributed by atoms with Gasteiger partial charge in [-0.2, -0.15) is 0 Å². The Hall–Kier alpha value is -1.36. The number of aromatic nitrogens is 2. The summed E-state index contributed by atoms with van der Waals surface area (Å²) in [5, 5.41) is 3.74. The van der Waals surface area contributed by atoms with Crippen LogP contribution < -0.4 is 5.32 Å². The largest absolute Gasteiger partial charge is 0.309 e. The minimum atomic E-state index is -0.227. The van der Waals surface area contributed by atoms with E-state index < -0.39 is 0 Å². The second kappa shape index (κ2) is 6.19. The summed E-state index contributed by atoms with van der Waals surface area (Å²) in [4.78, 5) is 19.5. The summed E-state index contributed by atoms with van der Waals surface area (Å²) in [5.74, 6) is 0.115. The fourth-order valence-corrected chi connectivity index (χ4v) is 1.82. The molecule has 0 fully saturated rings. The molecule has 2 aromatic rings. The number of carbonyl (C=O) groups excluding carboxylic acids is 1. The molecular weight excluding hydrogens is 309 g/mol. The molecule has 98 valence electrons. The first-order valence-corrected chi connectivity index (χ1v) is 6.39. The van der Waals surface area contributed by atoms with Crippen molar-refractivity contribution in [1.29, 1.82) is 0 Å². The van der Waals surface area contributed by atoms with Crippen molar-refractivity contribution >= 4 is 46.5 Å². The number of carbonyl (C=O) groups is 1. The average Bonchev–Trinajstić information content (AvgIpc) is 2.37. The minimum absolute atomic E-state index is 0.168. The normalized spacial score (nSPS) is 10.3. The van der Waals surface area contributed by atoms with Crippen molar-refractivity contribution < 1.29 is 4.79 Å².